The fraction of sp³-hybridized carbons (Fsp3) is 0.375. The first-order valence-corrected chi connectivity index (χ1v) is 8.30. The second kappa shape index (κ2) is 6.37. The van der Waals surface area contributed by atoms with Crippen LogP contribution in [0.2, 0.25) is 0 Å². The van der Waals surface area contributed by atoms with Gasteiger partial charge in [0.2, 0.25) is 0 Å². The highest BCUT2D eigenvalue weighted by atomic mass is 79.9. The fourth-order valence-electron chi connectivity index (χ4n) is 2.12. The number of nitrogens with one attached hydrogen (secondary N) is 1. The Hall–Kier alpha value is -0.710. The largest absolute Gasteiger partial charge is 0.309 e. The molecule has 2 aromatic rings. The van der Waals surface area contributed by atoms with Crippen LogP contribution in [0.25, 0.3) is 0 Å². The summed E-state index contributed by atoms with van der Waals surface area (Å²) in [6.07, 6.45) is 0. The van der Waals surface area contributed by atoms with Gasteiger partial charge in [-0.15, -0.1) is 11.3 Å². The second-order valence-corrected chi connectivity index (χ2v) is 7.43. The second-order valence-electron chi connectivity index (χ2n) is 5.63. The van der Waals surface area contributed by atoms with Crippen LogP contribution in [0.3, 0.4) is 0 Å². The molecule has 0 radical (unpaired) electrons. The van der Waals surface area contributed by atoms with E-state index in [1.165, 1.54) is 17.0 Å². The zero-order valence-electron chi connectivity index (χ0n) is 11.9. The normalized spacial score (nSPS) is 13.4. The first kappa shape index (κ1) is 15.7. The predicted octanol–water partition coefficient (Wildman–Crippen LogP) is 5.28. The number of halogens is 2. The molecular weight excluding hydrogens is 337 g/mol. The van der Waals surface area contributed by atoms with Gasteiger partial charge in [-0.2, -0.15) is 0 Å². The van der Waals surface area contributed by atoms with Crippen LogP contribution in [0.4, 0.5) is 4.39 Å². The van der Waals surface area contributed by atoms with E-state index in [-0.39, 0.29) is 17.3 Å². The number of hydrogen-bond acceptors (Lipinski definition) is 2. The number of benzene rings is 1. The minimum atomic E-state index is -0.216. The molecule has 0 amide bonds. The van der Waals surface area contributed by atoms with Gasteiger partial charge in [-0.1, -0.05) is 41.9 Å². The predicted molar refractivity (Wildman–Crippen MR) is 87.9 cm³/mol. The van der Waals surface area contributed by atoms with E-state index in [0.29, 0.717) is 0 Å². The minimum absolute atomic E-state index is 0.0922. The molecule has 4 heteroatoms. The van der Waals surface area contributed by atoms with E-state index >= 15 is 0 Å². The highest BCUT2D eigenvalue weighted by Gasteiger charge is 2.22. The van der Waals surface area contributed by atoms with Crippen molar-refractivity contribution in [3.8, 4) is 0 Å². The molecule has 1 aromatic heterocycles. The molecule has 0 saturated heterocycles. The lowest BCUT2D eigenvalue weighted by Crippen LogP contribution is -2.34. The van der Waals surface area contributed by atoms with Crippen molar-refractivity contribution in [2.24, 2.45) is 0 Å². The summed E-state index contributed by atoms with van der Waals surface area (Å²) in [6, 6.07) is 9.27. The average Bonchev–Trinajstić information content (AvgIpc) is 2.90. The number of thiophene rings is 1. The molecule has 0 aliphatic rings. The van der Waals surface area contributed by atoms with Gasteiger partial charge in [0, 0.05) is 27.4 Å². The lowest BCUT2D eigenvalue weighted by Gasteiger charge is -2.26. The topological polar surface area (TPSA) is 12.0 Å². The quantitative estimate of drug-likeness (QED) is 0.769. The molecule has 0 fully saturated rings. The van der Waals surface area contributed by atoms with Gasteiger partial charge in [0.05, 0.1) is 0 Å². The van der Waals surface area contributed by atoms with E-state index in [4.69, 9.17) is 0 Å². The summed E-state index contributed by atoms with van der Waals surface area (Å²) in [5, 5.41) is 5.65. The zero-order valence-corrected chi connectivity index (χ0v) is 14.3. The number of hydrogen-bond donors (Lipinski definition) is 1. The van der Waals surface area contributed by atoms with E-state index in [0.717, 1.165) is 16.6 Å². The highest BCUT2D eigenvalue weighted by Crippen LogP contribution is 2.29. The maximum absolute atomic E-state index is 13.1. The fourth-order valence-corrected chi connectivity index (χ4v) is 3.67. The van der Waals surface area contributed by atoms with Crippen LogP contribution in [0.5, 0.6) is 0 Å². The van der Waals surface area contributed by atoms with Gasteiger partial charge in [-0.25, -0.2) is 4.39 Å². The van der Waals surface area contributed by atoms with Gasteiger partial charge in [-0.05, 0) is 36.1 Å². The summed E-state index contributed by atoms with van der Waals surface area (Å²) in [7, 11) is 0. The Morgan fingerprint density at radius 1 is 1.35 bits per heavy atom. The Morgan fingerprint density at radius 2 is 2.10 bits per heavy atom. The Balaban J connectivity index is 2.03. The zero-order chi connectivity index (χ0) is 14.8. The van der Waals surface area contributed by atoms with Crippen molar-refractivity contribution in [1.82, 2.24) is 5.32 Å². The molecule has 0 bridgehead atoms. The van der Waals surface area contributed by atoms with Crippen molar-refractivity contribution in [3.05, 3.63) is 56.4 Å². The third kappa shape index (κ3) is 3.68. The molecule has 20 heavy (non-hydrogen) atoms. The van der Waals surface area contributed by atoms with Gasteiger partial charge in [0.15, 0.2) is 0 Å². The molecule has 0 aliphatic carbocycles. The van der Waals surface area contributed by atoms with Crippen LogP contribution in [0, 0.1) is 5.82 Å². The van der Waals surface area contributed by atoms with Crippen LogP contribution in [0.1, 0.15) is 37.3 Å². The van der Waals surface area contributed by atoms with Gasteiger partial charge in [-0.3, -0.25) is 0 Å². The standard InChI is InChI=1S/C16H19BrFNS/c1-11(13-7-6-12(18)9-14(13)17)19-10-16(2,3)15-5-4-8-20-15/h4-9,11,19H,10H2,1-3H3. The Kier molecular flexibility index (Phi) is 4.99. The van der Waals surface area contributed by atoms with Crippen LogP contribution >= 0.6 is 27.3 Å². The minimum Gasteiger partial charge on any atom is -0.309 e. The smallest absolute Gasteiger partial charge is 0.124 e. The first-order valence-electron chi connectivity index (χ1n) is 6.62. The summed E-state index contributed by atoms with van der Waals surface area (Å²) >= 11 is 5.21. The van der Waals surface area contributed by atoms with Crippen molar-refractivity contribution in [1.29, 1.82) is 0 Å². The maximum atomic E-state index is 13.1. The van der Waals surface area contributed by atoms with Gasteiger partial charge in [0.25, 0.3) is 0 Å². The molecule has 1 aromatic carbocycles. The van der Waals surface area contributed by atoms with E-state index in [2.05, 4.69) is 59.5 Å². The summed E-state index contributed by atoms with van der Waals surface area (Å²) in [5.74, 6) is -0.216. The molecule has 1 nitrogen and oxygen atoms in total. The lowest BCUT2D eigenvalue weighted by atomic mass is 9.91. The van der Waals surface area contributed by atoms with E-state index in [9.17, 15) is 4.39 Å². The van der Waals surface area contributed by atoms with Crippen LogP contribution < -0.4 is 5.32 Å². The summed E-state index contributed by atoms with van der Waals surface area (Å²) in [4.78, 5) is 1.37. The highest BCUT2D eigenvalue weighted by molar-refractivity contribution is 9.10. The van der Waals surface area contributed by atoms with E-state index < -0.39 is 0 Å². The monoisotopic (exact) mass is 355 g/mol. The van der Waals surface area contributed by atoms with Gasteiger partial charge >= 0.3 is 0 Å². The number of rotatable bonds is 5. The Bertz CT molecular complexity index is 566. The summed E-state index contributed by atoms with van der Waals surface area (Å²) in [6.45, 7) is 7.44. The van der Waals surface area contributed by atoms with Gasteiger partial charge < -0.3 is 5.32 Å². The summed E-state index contributed by atoms with van der Waals surface area (Å²) in [5.41, 5.74) is 1.17. The van der Waals surface area contributed by atoms with Crippen molar-refractivity contribution in [2.45, 2.75) is 32.2 Å². The van der Waals surface area contributed by atoms with Crippen molar-refractivity contribution < 1.29 is 4.39 Å². The van der Waals surface area contributed by atoms with Crippen LogP contribution in [-0.2, 0) is 5.41 Å². The summed E-state index contributed by atoms with van der Waals surface area (Å²) < 4.78 is 13.9. The Labute approximate surface area is 132 Å². The molecule has 0 aliphatic heterocycles. The van der Waals surface area contributed by atoms with Crippen molar-refractivity contribution >= 4 is 27.3 Å². The lowest BCUT2D eigenvalue weighted by molar-refractivity contribution is 0.440. The van der Waals surface area contributed by atoms with Crippen LogP contribution in [0.15, 0.2) is 40.2 Å². The molecule has 1 atom stereocenters. The molecule has 108 valence electrons. The maximum Gasteiger partial charge on any atom is 0.124 e. The SMILES string of the molecule is CC(NCC(C)(C)c1cccs1)c1ccc(F)cc1Br. The van der Waals surface area contributed by atoms with Crippen molar-refractivity contribution in [3.63, 3.8) is 0 Å². The van der Waals surface area contributed by atoms with Crippen LogP contribution in [-0.4, -0.2) is 6.54 Å². The molecule has 0 saturated carbocycles. The average molecular weight is 356 g/mol. The molecular formula is C16H19BrFNS. The van der Waals surface area contributed by atoms with Gasteiger partial charge in [0.1, 0.15) is 5.82 Å². The van der Waals surface area contributed by atoms with Crippen molar-refractivity contribution in [2.75, 3.05) is 6.54 Å². The molecule has 1 unspecified atom stereocenters. The molecule has 0 spiro atoms. The third-order valence-corrected chi connectivity index (χ3v) is 5.39. The third-order valence-electron chi connectivity index (χ3n) is 3.47. The van der Waals surface area contributed by atoms with E-state index in [1.807, 2.05) is 6.07 Å². The molecule has 2 rings (SSSR count). The first-order chi connectivity index (χ1) is 9.40. The molecule has 1 heterocycles. The van der Waals surface area contributed by atoms with E-state index in [1.54, 1.807) is 11.3 Å². The molecule has 1 N–H and O–H groups in total. The Morgan fingerprint density at radius 3 is 2.70 bits per heavy atom.